The number of rotatable bonds is 9. The molecular formula is C19H24FNO. The summed E-state index contributed by atoms with van der Waals surface area (Å²) < 4.78 is 18.6. The molecule has 0 aliphatic carbocycles. The second-order valence-electron chi connectivity index (χ2n) is 5.43. The minimum atomic E-state index is -0.198. The molecule has 0 saturated heterocycles. The van der Waals surface area contributed by atoms with Crippen LogP contribution >= 0.6 is 0 Å². The second kappa shape index (κ2) is 9.21. The summed E-state index contributed by atoms with van der Waals surface area (Å²) in [4.78, 5) is 0. The van der Waals surface area contributed by atoms with Crippen LogP contribution < -0.4 is 10.1 Å². The monoisotopic (exact) mass is 301 g/mol. The third-order valence-electron chi connectivity index (χ3n) is 3.49. The molecule has 118 valence electrons. The molecule has 2 nitrogen and oxygen atoms in total. The highest BCUT2D eigenvalue weighted by atomic mass is 19.1. The van der Waals surface area contributed by atoms with E-state index in [0.717, 1.165) is 37.4 Å². The van der Waals surface area contributed by atoms with Crippen LogP contribution in [0.15, 0.2) is 48.5 Å². The molecule has 0 spiro atoms. The SMILES string of the molecule is CCCCCOc1cccc(CNCc2ccc(F)cc2)c1. The Kier molecular flexibility index (Phi) is 6.91. The number of halogens is 1. The standard InChI is InChI=1S/C19H24FNO/c1-2-3-4-12-22-19-7-5-6-17(13-19)15-21-14-16-8-10-18(20)11-9-16/h5-11,13,21H,2-4,12,14-15H2,1H3. The Morgan fingerprint density at radius 3 is 2.50 bits per heavy atom. The maximum Gasteiger partial charge on any atom is 0.123 e. The molecule has 0 aliphatic rings. The van der Waals surface area contributed by atoms with Crippen molar-refractivity contribution in [3.05, 3.63) is 65.5 Å². The van der Waals surface area contributed by atoms with Gasteiger partial charge < -0.3 is 10.1 Å². The summed E-state index contributed by atoms with van der Waals surface area (Å²) in [5, 5.41) is 3.36. The molecule has 0 fully saturated rings. The summed E-state index contributed by atoms with van der Waals surface area (Å²) in [5.41, 5.74) is 2.27. The molecular weight excluding hydrogens is 277 g/mol. The first-order valence-electron chi connectivity index (χ1n) is 7.95. The highest BCUT2D eigenvalue weighted by Crippen LogP contribution is 2.14. The fraction of sp³-hybridized carbons (Fsp3) is 0.368. The second-order valence-corrected chi connectivity index (χ2v) is 5.43. The zero-order chi connectivity index (χ0) is 15.6. The van der Waals surface area contributed by atoms with Gasteiger partial charge in [0.15, 0.2) is 0 Å². The first-order valence-corrected chi connectivity index (χ1v) is 7.95. The number of benzene rings is 2. The molecule has 0 heterocycles. The molecule has 0 saturated carbocycles. The molecule has 0 bridgehead atoms. The van der Waals surface area contributed by atoms with Crippen molar-refractivity contribution in [1.82, 2.24) is 5.32 Å². The Morgan fingerprint density at radius 1 is 0.955 bits per heavy atom. The highest BCUT2D eigenvalue weighted by Gasteiger charge is 1.98. The Morgan fingerprint density at radius 2 is 1.73 bits per heavy atom. The Hall–Kier alpha value is -1.87. The van der Waals surface area contributed by atoms with Crippen molar-refractivity contribution in [2.24, 2.45) is 0 Å². The first kappa shape index (κ1) is 16.5. The van der Waals surface area contributed by atoms with Gasteiger partial charge in [-0.25, -0.2) is 4.39 Å². The third-order valence-corrected chi connectivity index (χ3v) is 3.49. The summed E-state index contributed by atoms with van der Waals surface area (Å²) in [6, 6.07) is 14.7. The normalized spacial score (nSPS) is 10.6. The number of nitrogens with one attached hydrogen (secondary N) is 1. The zero-order valence-electron chi connectivity index (χ0n) is 13.1. The van der Waals surface area contributed by atoms with E-state index < -0.39 is 0 Å². The summed E-state index contributed by atoms with van der Waals surface area (Å²) in [6.07, 6.45) is 3.51. The Labute approximate surface area is 132 Å². The molecule has 2 aromatic rings. The highest BCUT2D eigenvalue weighted by molar-refractivity contribution is 5.28. The van der Waals surface area contributed by atoms with Crippen molar-refractivity contribution in [3.8, 4) is 5.75 Å². The van der Waals surface area contributed by atoms with Crippen LogP contribution in [0.1, 0.15) is 37.3 Å². The van der Waals surface area contributed by atoms with Gasteiger partial charge in [0.05, 0.1) is 6.61 Å². The smallest absolute Gasteiger partial charge is 0.123 e. The zero-order valence-corrected chi connectivity index (χ0v) is 13.1. The molecule has 0 amide bonds. The Bertz CT molecular complexity index is 554. The summed E-state index contributed by atoms with van der Waals surface area (Å²) in [7, 11) is 0. The van der Waals surface area contributed by atoms with Gasteiger partial charge >= 0.3 is 0 Å². The van der Waals surface area contributed by atoms with Crippen molar-refractivity contribution in [1.29, 1.82) is 0 Å². The van der Waals surface area contributed by atoms with Crippen LogP contribution in [0.2, 0.25) is 0 Å². The van der Waals surface area contributed by atoms with E-state index in [2.05, 4.69) is 24.4 Å². The van der Waals surface area contributed by atoms with E-state index in [0.29, 0.717) is 0 Å². The van der Waals surface area contributed by atoms with Crippen molar-refractivity contribution in [2.75, 3.05) is 6.61 Å². The van der Waals surface area contributed by atoms with Crippen LogP contribution in [-0.2, 0) is 13.1 Å². The van der Waals surface area contributed by atoms with Crippen LogP contribution in [0.25, 0.3) is 0 Å². The summed E-state index contributed by atoms with van der Waals surface area (Å²) in [5.74, 6) is 0.730. The van der Waals surface area contributed by atoms with Gasteiger partial charge in [-0.1, -0.05) is 44.0 Å². The maximum absolute atomic E-state index is 12.8. The molecule has 0 aliphatic heterocycles. The Balaban J connectivity index is 1.76. The van der Waals surface area contributed by atoms with Gasteiger partial charge in [-0.05, 0) is 41.8 Å². The van der Waals surface area contributed by atoms with Crippen molar-refractivity contribution < 1.29 is 9.13 Å². The molecule has 0 radical (unpaired) electrons. The molecule has 0 aromatic heterocycles. The summed E-state index contributed by atoms with van der Waals surface area (Å²) in [6.45, 7) is 4.46. The van der Waals surface area contributed by atoms with Crippen LogP contribution in [0.3, 0.4) is 0 Å². The predicted octanol–water partition coefficient (Wildman–Crippen LogP) is 4.68. The van der Waals surface area contributed by atoms with Gasteiger partial charge in [0, 0.05) is 13.1 Å². The lowest BCUT2D eigenvalue weighted by Gasteiger charge is -2.09. The van der Waals surface area contributed by atoms with Crippen molar-refractivity contribution >= 4 is 0 Å². The van der Waals surface area contributed by atoms with Crippen molar-refractivity contribution in [2.45, 2.75) is 39.3 Å². The molecule has 2 aromatic carbocycles. The van der Waals surface area contributed by atoms with Crippen LogP contribution in [-0.4, -0.2) is 6.61 Å². The van der Waals surface area contributed by atoms with Crippen LogP contribution in [0.5, 0.6) is 5.75 Å². The van der Waals surface area contributed by atoms with Gasteiger partial charge in [-0.15, -0.1) is 0 Å². The number of hydrogen-bond donors (Lipinski definition) is 1. The molecule has 2 rings (SSSR count). The molecule has 0 atom stereocenters. The van der Waals surface area contributed by atoms with Crippen LogP contribution in [0, 0.1) is 5.82 Å². The largest absolute Gasteiger partial charge is 0.494 e. The fourth-order valence-corrected chi connectivity index (χ4v) is 2.24. The minimum absolute atomic E-state index is 0.198. The third kappa shape index (κ3) is 5.86. The average molecular weight is 301 g/mol. The molecule has 22 heavy (non-hydrogen) atoms. The quantitative estimate of drug-likeness (QED) is 0.679. The molecule has 1 N–H and O–H groups in total. The lowest BCUT2D eigenvalue weighted by molar-refractivity contribution is 0.306. The molecule has 0 unspecified atom stereocenters. The topological polar surface area (TPSA) is 21.3 Å². The van der Waals surface area contributed by atoms with E-state index in [9.17, 15) is 4.39 Å². The number of ether oxygens (including phenoxy) is 1. The van der Waals surface area contributed by atoms with E-state index in [1.54, 1.807) is 12.1 Å². The van der Waals surface area contributed by atoms with Gasteiger partial charge in [0.2, 0.25) is 0 Å². The predicted molar refractivity (Wildman–Crippen MR) is 88.4 cm³/mol. The summed E-state index contributed by atoms with van der Waals surface area (Å²) >= 11 is 0. The first-order chi connectivity index (χ1) is 10.8. The minimum Gasteiger partial charge on any atom is -0.494 e. The maximum atomic E-state index is 12.8. The van der Waals surface area contributed by atoms with E-state index in [4.69, 9.17) is 4.74 Å². The van der Waals surface area contributed by atoms with Gasteiger partial charge in [-0.2, -0.15) is 0 Å². The van der Waals surface area contributed by atoms with E-state index >= 15 is 0 Å². The van der Waals surface area contributed by atoms with Crippen LogP contribution in [0.4, 0.5) is 4.39 Å². The molecule has 3 heteroatoms. The van der Waals surface area contributed by atoms with Crippen molar-refractivity contribution in [3.63, 3.8) is 0 Å². The van der Waals surface area contributed by atoms with E-state index in [1.807, 2.05) is 12.1 Å². The van der Waals surface area contributed by atoms with Gasteiger partial charge in [0.25, 0.3) is 0 Å². The van der Waals surface area contributed by atoms with Gasteiger partial charge in [0.1, 0.15) is 11.6 Å². The fourth-order valence-electron chi connectivity index (χ4n) is 2.24. The number of hydrogen-bond acceptors (Lipinski definition) is 2. The average Bonchev–Trinajstić information content (AvgIpc) is 2.54. The lowest BCUT2D eigenvalue weighted by atomic mass is 10.2. The lowest BCUT2D eigenvalue weighted by Crippen LogP contribution is -2.12. The van der Waals surface area contributed by atoms with E-state index in [1.165, 1.54) is 30.5 Å². The van der Waals surface area contributed by atoms with E-state index in [-0.39, 0.29) is 5.82 Å². The number of unbranched alkanes of at least 4 members (excludes halogenated alkanes) is 2. The van der Waals surface area contributed by atoms with Gasteiger partial charge in [-0.3, -0.25) is 0 Å².